The number of nitrogens with one attached hydrogen (secondary N) is 1. The second kappa shape index (κ2) is 6.84. The predicted octanol–water partition coefficient (Wildman–Crippen LogP) is 1.52. The zero-order valence-electron chi connectivity index (χ0n) is 9.93. The lowest BCUT2D eigenvalue weighted by Crippen LogP contribution is -2.38. The highest BCUT2D eigenvalue weighted by Crippen LogP contribution is 2.17. The number of ether oxygens (including phenoxy) is 1. The van der Waals surface area contributed by atoms with Crippen LogP contribution in [0.15, 0.2) is 24.3 Å². The Bertz CT molecular complexity index is 428. The summed E-state index contributed by atoms with van der Waals surface area (Å²) in [5.74, 6) is 0. The van der Waals surface area contributed by atoms with E-state index in [2.05, 4.69) is 11.4 Å². The molecule has 90 valence electrons. The van der Waals surface area contributed by atoms with E-state index in [0.717, 1.165) is 5.69 Å². The van der Waals surface area contributed by atoms with Crippen LogP contribution in [0.5, 0.6) is 0 Å². The van der Waals surface area contributed by atoms with Crippen LogP contribution in [0.3, 0.4) is 0 Å². The summed E-state index contributed by atoms with van der Waals surface area (Å²) in [4.78, 5) is 1.78. The van der Waals surface area contributed by atoms with E-state index in [1.807, 2.05) is 25.2 Å². The second-order valence-electron chi connectivity index (χ2n) is 3.41. The Kier molecular flexibility index (Phi) is 5.40. The van der Waals surface area contributed by atoms with Gasteiger partial charge in [-0.2, -0.15) is 5.26 Å². The van der Waals surface area contributed by atoms with Gasteiger partial charge in [-0.05, 0) is 24.4 Å². The zero-order valence-corrected chi connectivity index (χ0v) is 10.8. The highest BCUT2D eigenvalue weighted by molar-refractivity contribution is 7.80. The van der Waals surface area contributed by atoms with Crippen LogP contribution in [-0.4, -0.2) is 32.4 Å². The molecule has 1 aromatic carbocycles. The van der Waals surface area contributed by atoms with Crippen LogP contribution in [-0.2, 0) is 4.74 Å². The van der Waals surface area contributed by atoms with Crippen molar-refractivity contribution < 1.29 is 4.74 Å². The third-order valence-electron chi connectivity index (χ3n) is 2.27. The third kappa shape index (κ3) is 3.70. The van der Waals surface area contributed by atoms with Crippen molar-refractivity contribution in [2.75, 3.05) is 32.2 Å². The van der Waals surface area contributed by atoms with Gasteiger partial charge < -0.3 is 15.0 Å². The molecule has 1 N–H and O–H groups in total. The molecule has 1 rings (SSSR count). The molecule has 0 aliphatic heterocycles. The van der Waals surface area contributed by atoms with Gasteiger partial charge in [-0.15, -0.1) is 0 Å². The van der Waals surface area contributed by atoms with Crippen LogP contribution in [0.25, 0.3) is 0 Å². The Morgan fingerprint density at radius 3 is 2.88 bits per heavy atom. The molecule has 0 saturated carbocycles. The monoisotopic (exact) mass is 249 g/mol. The van der Waals surface area contributed by atoms with Crippen molar-refractivity contribution in [2.45, 2.75) is 0 Å². The molecule has 0 saturated heterocycles. The van der Waals surface area contributed by atoms with Crippen LogP contribution >= 0.6 is 12.2 Å². The van der Waals surface area contributed by atoms with Crippen molar-refractivity contribution in [1.29, 1.82) is 5.26 Å². The summed E-state index contributed by atoms with van der Waals surface area (Å²) in [5, 5.41) is 12.6. The fraction of sp³-hybridized carbons (Fsp3) is 0.333. The van der Waals surface area contributed by atoms with Gasteiger partial charge in [0.05, 0.1) is 17.9 Å². The topological polar surface area (TPSA) is 48.3 Å². The minimum Gasteiger partial charge on any atom is -0.383 e. The van der Waals surface area contributed by atoms with Crippen molar-refractivity contribution in [3.8, 4) is 6.07 Å². The Labute approximate surface area is 107 Å². The number of nitriles is 1. The summed E-state index contributed by atoms with van der Waals surface area (Å²) in [5.41, 5.74) is 1.40. The minimum absolute atomic E-state index is 0.574. The lowest BCUT2D eigenvalue weighted by Gasteiger charge is -2.21. The lowest BCUT2D eigenvalue weighted by molar-refractivity contribution is 0.204. The van der Waals surface area contributed by atoms with E-state index < -0.39 is 0 Å². The van der Waals surface area contributed by atoms with Crippen molar-refractivity contribution in [3.05, 3.63) is 29.8 Å². The lowest BCUT2D eigenvalue weighted by atomic mass is 10.2. The molecule has 0 bridgehead atoms. The first-order valence-electron chi connectivity index (χ1n) is 5.20. The van der Waals surface area contributed by atoms with Crippen LogP contribution in [0.4, 0.5) is 5.69 Å². The first-order chi connectivity index (χ1) is 8.20. The summed E-state index contributed by atoms with van der Waals surface area (Å²) in [6.45, 7) is 1.24. The van der Waals surface area contributed by atoms with Crippen molar-refractivity contribution >= 4 is 23.0 Å². The maximum atomic E-state index is 9.00. The number of nitrogens with zero attached hydrogens (tertiary/aromatic N) is 2. The number of anilines is 1. The van der Waals surface area contributed by atoms with Gasteiger partial charge in [-0.1, -0.05) is 12.1 Å². The molecule has 0 radical (unpaired) electrons. The van der Waals surface area contributed by atoms with Gasteiger partial charge in [-0.3, -0.25) is 0 Å². The van der Waals surface area contributed by atoms with Crippen molar-refractivity contribution in [2.24, 2.45) is 0 Å². The number of hydrogen-bond acceptors (Lipinski definition) is 3. The normalized spacial score (nSPS) is 9.47. The third-order valence-corrected chi connectivity index (χ3v) is 2.69. The van der Waals surface area contributed by atoms with Gasteiger partial charge in [0.2, 0.25) is 0 Å². The smallest absolute Gasteiger partial charge is 0.173 e. The Morgan fingerprint density at radius 2 is 2.24 bits per heavy atom. The number of para-hydroxylation sites is 1. The van der Waals surface area contributed by atoms with Crippen molar-refractivity contribution in [1.82, 2.24) is 5.32 Å². The van der Waals surface area contributed by atoms with Gasteiger partial charge in [0.25, 0.3) is 0 Å². The van der Waals surface area contributed by atoms with Crippen molar-refractivity contribution in [3.63, 3.8) is 0 Å². The first-order valence-corrected chi connectivity index (χ1v) is 5.61. The average molecular weight is 249 g/mol. The quantitative estimate of drug-likeness (QED) is 0.647. The molecule has 17 heavy (non-hydrogen) atoms. The standard InChI is InChI=1S/C12H15N3OS/c1-15(12(17)14-7-8-16-2)11-6-4-3-5-10(11)9-13/h3-6H,7-8H2,1-2H3,(H,14,17). The molecular formula is C12H15N3OS. The predicted molar refractivity (Wildman–Crippen MR) is 72.0 cm³/mol. The Morgan fingerprint density at radius 1 is 1.53 bits per heavy atom. The van der Waals surface area contributed by atoms with Crippen LogP contribution in [0.1, 0.15) is 5.56 Å². The summed E-state index contributed by atoms with van der Waals surface area (Å²) in [6, 6.07) is 9.49. The number of thiocarbonyl (C=S) groups is 1. The summed E-state index contributed by atoms with van der Waals surface area (Å²) in [6.07, 6.45) is 0. The molecule has 1 aromatic rings. The molecule has 0 heterocycles. The molecular weight excluding hydrogens is 234 g/mol. The Hall–Kier alpha value is -1.64. The number of methoxy groups -OCH3 is 1. The van der Waals surface area contributed by atoms with E-state index in [-0.39, 0.29) is 0 Å². The number of benzene rings is 1. The molecule has 0 aliphatic carbocycles. The van der Waals surface area contributed by atoms with Crippen LogP contribution in [0, 0.1) is 11.3 Å². The SMILES string of the molecule is COCCNC(=S)N(C)c1ccccc1C#N. The Balaban J connectivity index is 2.72. The molecule has 0 spiro atoms. The fourth-order valence-electron chi connectivity index (χ4n) is 1.35. The summed E-state index contributed by atoms with van der Waals surface area (Å²) >= 11 is 5.23. The van der Waals surface area contributed by atoms with E-state index in [9.17, 15) is 0 Å². The van der Waals surface area contributed by atoms with Gasteiger partial charge in [0.1, 0.15) is 6.07 Å². The maximum absolute atomic E-state index is 9.00. The highest BCUT2D eigenvalue weighted by Gasteiger charge is 2.10. The molecule has 4 nitrogen and oxygen atoms in total. The van der Waals surface area contributed by atoms with E-state index >= 15 is 0 Å². The van der Waals surface area contributed by atoms with E-state index in [4.69, 9.17) is 22.2 Å². The average Bonchev–Trinajstić information content (AvgIpc) is 2.38. The van der Waals surface area contributed by atoms with Gasteiger partial charge in [-0.25, -0.2) is 0 Å². The second-order valence-corrected chi connectivity index (χ2v) is 3.80. The van der Waals surface area contributed by atoms with Crippen LogP contribution in [0.2, 0.25) is 0 Å². The highest BCUT2D eigenvalue weighted by atomic mass is 32.1. The first kappa shape index (κ1) is 13.4. The summed E-state index contributed by atoms with van der Waals surface area (Å²) < 4.78 is 4.93. The van der Waals surface area contributed by atoms with E-state index in [1.165, 1.54) is 0 Å². The van der Waals surface area contributed by atoms with E-state index in [0.29, 0.717) is 23.8 Å². The maximum Gasteiger partial charge on any atom is 0.173 e. The van der Waals surface area contributed by atoms with Gasteiger partial charge in [0, 0.05) is 20.7 Å². The number of rotatable bonds is 4. The van der Waals surface area contributed by atoms with E-state index in [1.54, 1.807) is 18.1 Å². The number of hydrogen-bond donors (Lipinski definition) is 1. The molecule has 0 unspecified atom stereocenters. The molecule has 0 amide bonds. The molecule has 5 heteroatoms. The van der Waals surface area contributed by atoms with Gasteiger partial charge >= 0.3 is 0 Å². The molecule has 0 aliphatic rings. The minimum atomic E-state index is 0.574. The fourth-order valence-corrected chi connectivity index (χ4v) is 1.55. The molecule has 0 aromatic heterocycles. The summed E-state index contributed by atoms with van der Waals surface area (Å²) in [7, 11) is 3.47. The largest absolute Gasteiger partial charge is 0.383 e. The van der Waals surface area contributed by atoms with Gasteiger partial charge in [0.15, 0.2) is 5.11 Å². The zero-order chi connectivity index (χ0) is 12.7. The molecule has 0 fully saturated rings. The molecule has 0 atom stereocenters. The van der Waals surface area contributed by atoms with Crippen LogP contribution < -0.4 is 10.2 Å².